The van der Waals surface area contributed by atoms with Crippen molar-refractivity contribution in [1.29, 1.82) is 0 Å². The zero-order valence-electron chi connectivity index (χ0n) is 10.7. The molecule has 2 aromatic carbocycles. The van der Waals surface area contributed by atoms with Gasteiger partial charge < -0.3 is 0 Å². The third kappa shape index (κ3) is 1.98. The minimum Gasteiger partial charge on any atom is -0.199 e. The van der Waals surface area contributed by atoms with Gasteiger partial charge in [-0.25, -0.2) is 0 Å². The predicted molar refractivity (Wildman–Crippen MR) is 75.2 cm³/mol. The van der Waals surface area contributed by atoms with Gasteiger partial charge in [0.2, 0.25) is 0 Å². The Balaban J connectivity index is 2.23. The first-order valence-electron chi connectivity index (χ1n) is 6.00. The van der Waals surface area contributed by atoms with E-state index in [0.29, 0.717) is 16.2 Å². The molecular formula is C15H13NO2S. The molecule has 0 bridgehead atoms. The normalized spacial score (nSPS) is 16.0. The summed E-state index contributed by atoms with van der Waals surface area (Å²) in [6.07, 6.45) is 0. The lowest BCUT2D eigenvalue weighted by atomic mass is 10.0. The van der Waals surface area contributed by atoms with Gasteiger partial charge in [0.25, 0.3) is 10.0 Å². The lowest BCUT2D eigenvalue weighted by Crippen LogP contribution is -2.00. The fraction of sp³-hybridized carbons (Fsp3) is 0.133. The summed E-state index contributed by atoms with van der Waals surface area (Å²) in [5.74, 6) is 0. The summed E-state index contributed by atoms with van der Waals surface area (Å²) in [5.41, 5.74) is 4.11. The predicted octanol–water partition coefficient (Wildman–Crippen LogP) is 2.84. The highest BCUT2D eigenvalue weighted by atomic mass is 32.2. The second-order valence-electron chi connectivity index (χ2n) is 4.78. The van der Waals surface area contributed by atoms with Crippen LogP contribution in [-0.2, 0) is 10.0 Å². The summed E-state index contributed by atoms with van der Waals surface area (Å²) in [4.78, 5) is 0.308. The molecule has 3 rings (SSSR count). The zero-order valence-corrected chi connectivity index (χ0v) is 11.5. The molecule has 2 aromatic rings. The van der Waals surface area contributed by atoms with E-state index in [4.69, 9.17) is 0 Å². The Kier molecular flexibility index (Phi) is 2.57. The van der Waals surface area contributed by atoms with Gasteiger partial charge in [-0.1, -0.05) is 42.0 Å². The maximum absolute atomic E-state index is 12.1. The summed E-state index contributed by atoms with van der Waals surface area (Å²) >= 11 is 0. The van der Waals surface area contributed by atoms with Crippen LogP contribution in [0.25, 0.3) is 0 Å². The van der Waals surface area contributed by atoms with Gasteiger partial charge in [-0.2, -0.15) is 12.8 Å². The summed E-state index contributed by atoms with van der Waals surface area (Å²) < 4.78 is 28.1. The SMILES string of the molecule is Cc1ccc(C2=NS(=O)(=O)c3cc(C)ccc32)cc1. The Morgan fingerprint density at radius 2 is 1.53 bits per heavy atom. The lowest BCUT2D eigenvalue weighted by molar-refractivity contribution is 0.599. The van der Waals surface area contributed by atoms with Crippen molar-refractivity contribution < 1.29 is 8.42 Å². The summed E-state index contributed by atoms with van der Waals surface area (Å²) in [6, 6.07) is 13.1. The van der Waals surface area contributed by atoms with Gasteiger partial charge >= 0.3 is 0 Å². The molecule has 1 aliphatic heterocycles. The van der Waals surface area contributed by atoms with E-state index in [2.05, 4.69) is 4.40 Å². The molecule has 0 atom stereocenters. The number of hydrogen-bond donors (Lipinski definition) is 0. The zero-order chi connectivity index (χ0) is 13.6. The molecule has 1 aliphatic rings. The summed E-state index contributed by atoms with van der Waals surface area (Å²) in [7, 11) is -3.55. The van der Waals surface area contributed by atoms with E-state index in [0.717, 1.165) is 16.7 Å². The highest BCUT2D eigenvalue weighted by Gasteiger charge is 2.29. The number of rotatable bonds is 1. The number of nitrogens with zero attached hydrogens (tertiary/aromatic N) is 1. The summed E-state index contributed by atoms with van der Waals surface area (Å²) in [6.45, 7) is 3.87. The van der Waals surface area contributed by atoms with Gasteiger partial charge in [-0.15, -0.1) is 0 Å². The molecule has 19 heavy (non-hydrogen) atoms. The molecule has 0 amide bonds. The molecule has 1 heterocycles. The van der Waals surface area contributed by atoms with Gasteiger partial charge in [-0.05, 0) is 25.5 Å². The van der Waals surface area contributed by atoms with Crippen molar-refractivity contribution in [2.45, 2.75) is 18.7 Å². The van der Waals surface area contributed by atoms with Crippen LogP contribution in [0, 0.1) is 13.8 Å². The largest absolute Gasteiger partial charge is 0.283 e. The molecule has 0 saturated carbocycles. The number of hydrogen-bond acceptors (Lipinski definition) is 2. The highest BCUT2D eigenvalue weighted by Crippen LogP contribution is 2.30. The van der Waals surface area contributed by atoms with Crippen molar-refractivity contribution in [3.63, 3.8) is 0 Å². The Labute approximate surface area is 112 Å². The van der Waals surface area contributed by atoms with E-state index in [-0.39, 0.29) is 0 Å². The molecule has 0 fully saturated rings. The molecule has 0 saturated heterocycles. The molecule has 3 nitrogen and oxygen atoms in total. The minimum absolute atomic E-state index is 0.308. The van der Waals surface area contributed by atoms with Crippen molar-refractivity contribution in [1.82, 2.24) is 0 Å². The van der Waals surface area contributed by atoms with Gasteiger partial charge in [0.05, 0.1) is 10.6 Å². The van der Waals surface area contributed by atoms with E-state index in [9.17, 15) is 8.42 Å². The number of benzene rings is 2. The van der Waals surface area contributed by atoms with Crippen molar-refractivity contribution >= 4 is 15.7 Å². The van der Waals surface area contributed by atoms with Crippen LogP contribution < -0.4 is 0 Å². The molecule has 0 spiro atoms. The van der Waals surface area contributed by atoms with Gasteiger partial charge in [0.1, 0.15) is 0 Å². The minimum atomic E-state index is -3.55. The van der Waals surface area contributed by atoms with Crippen LogP contribution >= 0.6 is 0 Å². The highest BCUT2D eigenvalue weighted by molar-refractivity contribution is 7.90. The molecule has 0 aliphatic carbocycles. The van der Waals surface area contributed by atoms with E-state index in [1.165, 1.54) is 0 Å². The van der Waals surface area contributed by atoms with Crippen LogP contribution in [0.2, 0.25) is 0 Å². The average Bonchev–Trinajstić information content (AvgIpc) is 2.62. The molecule has 0 N–H and O–H groups in total. The smallest absolute Gasteiger partial charge is 0.199 e. The van der Waals surface area contributed by atoms with Gasteiger partial charge in [0, 0.05) is 11.1 Å². The first-order valence-corrected chi connectivity index (χ1v) is 7.44. The Hall–Kier alpha value is -1.94. The molecule has 0 radical (unpaired) electrons. The van der Waals surface area contributed by atoms with Crippen LogP contribution in [-0.4, -0.2) is 14.1 Å². The van der Waals surface area contributed by atoms with E-state index >= 15 is 0 Å². The topological polar surface area (TPSA) is 46.5 Å². The Bertz CT molecular complexity index is 787. The van der Waals surface area contributed by atoms with Crippen LogP contribution in [0.15, 0.2) is 51.8 Å². The molecule has 0 unspecified atom stereocenters. The van der Waals surface area contributed by atoms with Crippen LogP contribution in [0.4, 0.5) is 0 Å². The molecule has 0 aromatic heterocycles. The number of aryl methyl sites for hydroxylation is 2. The lowest BCUT2D eigenvalue weighted by Gasteiger charge is -2.03. The van der Waals surface area contributed by atoms with Crippen LogP contribution in [0.3, 0.4) is 0 Å². The van der Waals surface area contributed by atoms with Crippen molar-refractivity contribution in [3.8, 4) is 0 Å². The molecule has 96 valence electrons. The first-order chi connectivity index (χ1) is 8.97. The Morgan fingerprint density at radius 1 is 0.895 bits per heavy atom. The van der Waals surface area contributed by atoms with Crippen molar-refractivity contribution in [2.24, 2.45) is 4.40 Å². The molecule has 4 heteroatoms. The monoisotopic (exact) mass is 271 g/mol. The molecular weight excluding hydrogens is 258 g/mol. The van der Waals surface area contributed by atoms with Crippen molar-refractivity contribution in [3.05, 3.63) is 64.7 Å². The maximum Gasteiger partial charge on any atom is 0.283 e. The van der Waals surface area contributed by atoms with Gasteiger partial charge in [-0.3, -0.25) is 0 Å². The average molecular weight is 271 g/mol. The third-order valence-corrected chi connectivity index (χ3v) is 4.52. The fourth-order valence-corrected chi connectivity index (χ4v) is 3.50. The van der Waals surface area contributed by atoms with Crippen LogP contribution in [0.1, 0.15) is 22.3 Å². The fourth-order valence-electron chi connectivity index (χ4n) is 2.18. The van der Waals surface area contributed by atoms with Crippen LogP contribution in [0.5, 0.6) is 0 Å². The number of sulfonamides is 1. The van der Waals surface area contributed by atoms with Crippen molar-refractivity contribution in [2.75, 3.05) is 0 Å². The second kappa shape index (κ2) is 4.03. The van der Waals surface area contributed by atoms with Gasteiger partial charge in [0.15, 0.2) is 0 Å². The quantitative estimate of drug-likeness (QED) is 0.800. The second-order valence-corrected chi connectivity index (χ2v) is 6.35. The summed E-state index contributed by atoms with van der Waals surface area (Å²) in [5, 5.41) is 0. The maximum atomic E-state index is 12.1. The Morgan fingerprint density at radius 3 is 2.21 bits per heavy atom. The van der Waals surface area contributed by atoms with E-state index in [1.54, 1.807) is 6.07 Å². The van der Waals surface area contributed by atoms with E-state index in [1.807, 2.05) is 50.2 Å². The third-order valence-electron chi connectivity index (χ3n) is 3.21. The van der Waals surface area contributed by atoms with E-state index < -0.39 is 10.0 Å². The first kappa shape index (κ1) is 12.1. The standard InChI is InChI=1S/C15H13NO2S/c1-10-3-6-12(7-4-10)15-13-8-5-11(2)9-14(13)19(17,18)16-15/h3-9H,1-2H3. The number of fused-ring (bicyclic) bond motifs is 1.